The number of benzene rings is 2. The zero-order chi connectivity index (χ0) is 58.5. The molecule has 7 atom stereocenters. The predicted molar refractivity (Wildman–Crippen MR) is 305 cm³/mol. The van der Waals surface area contributed by atoms with Gasteiger partial charge in [-0.05, 0) is 92.8 Å². The van der Waals surface area contributed by atoms with Gasteiger partial charge in [0, 0.05) is 64.5 Å². The molecule has 0 saturated carbocycles. The van der Waals surface area contributed by atoms with Gasteiger partial charge in [0.25, 0.3) is 5.56 Å². The third-order valence-corrected chi connectivity index (χ3v) is 14.0. The molecule has 26 heteroatoms. The van der Waals surface area contributed by atoms with Crippen molar-refractivity contribution in [1.29, 1.82) is 5.41 Å². The number of guanidine groups is 1. The Kier molecular flexibility index (Phi) is 24.3. The van der Waals surface area contributed by atoms with Gasteiger partial charge < -0.3 is 69.3 Å². The number of aromatic nitrogens is 2. The summed E-state index contributed by atoms with van der Waals surface area (Å²) in [5.74, 6) is -4.18. The van der Waals surface area contributed by atoms with Crippen molar-refractivity contribution >= 4 is 76.0 Å². The molecule has 2 aliphatic rings. The molecular formula is C54H81N17O9. The van der Waals surface area contributed by atoms with E-state index in [2.05, 4.69) is 52.2 Å². The third kappa shape index (κ3) is 18.8. The summed E-state index contributed by atoms with van der Waals surface area (Å²) in [5, 5.41) is 36.8. The lowest BCUT2D eigenvalue weighted by molar-refractivity contribution is -0.137. The minimum Gasteiger partial charge on any atom is -0.508 e. The maximum Gasteiger partial charge on any atom is 0.261 e. The van der Waals surface area contributed by atoms with Crippen LogP contribution in [-0.4, -0.2) is 168 Å². The second-order valence-corrected chi connectivity index (χ2v) is 20.6. The van der Waals surface area contributed by atoms with Gasteiger partial charge in [0.1, 0.15) is 48.3 Å². The lowest BCUT2D eigenvalue weighted by Crippen LogP contribution is -2.59. The topological polar surface area (TPSA) is 392 Å². The number of likely N-dealkylation sites (N-methyl/N-ethyl adjacent to an activating group) is 1. The fourth-order valence-electron chi connectivity index (χ4n) is 9.20. The van der Waals surface area contributed by atoms with Gasteiger partial charge >= 0.3 is 0 Å². The van der Waals surface area contributed by atoms with E-state index in [0.717, 1.165) is 4.57 Å². The monoisotopic (exact) mass is 1110 g/mol. The number of aliphatic imine (C=N–C) groups is 2. The maximum absolute atomic E-state index is 14.4. The van der Waals surface area contributed by atoms with E-state index in [-0.39, 0.29) is 85.4 Å². The molecule has 15 N–H and O–H groups in total. The number of carbonyl (C=O) groups is 7. The number of aromatic hydroxyl groups is 1. The van der Waals surface area contributed by atoms with Gasteiger partial charge in [0.2, 0.25) is 41.4 Å². The number of carbonyl (C=O) groups excluding carboxylic acids is 7. The quantitative estimate of drug-likeness (QED) is 0.0213. The first-order valence-corrected chi connectivity index (χ1v) is 27.3. The van der Waals surface area contributed by atoms with Gasteiger partial charge in [0.05, 0.1) is 29.8 Å². The Morgan fingerprint density at radius 1 is 0.775 bits per heavy atom. The van der Waals surface area contributed by atoms with Gasteiger partial charge in [-0.15, -0.1) is 0 Å². The molecular weight excluding hydrogens is 1030 g/mol. The lowest BCUT2D eigenvalue weighted by Gasteiger charge is -2.38. The summed E-state index contributed by atoms with van der Waals surface area (Å²) in [7, 11) is 1.45. The fourth-order valence-corrected chi connectivity index (χ4v) is 9.20. The fraction of sp³-hybridized carbons (Fsp3) is 0.556. The number of nitrogens with two attached hydrogens (primary N) is 3. The van der Waals surface area contributed by atoms with Crippen LogP contribution in [0.5, 0.6) is 5.75 Å². The normalized spacial score (nSPS) is 15.8. The molecule has 5 rings (SSSR count). The van der Waals surface area contributed by atoms with Crippen LogP contribution in [0.4, 0.5) is 5.69 Å². The first kappa shape index (κ1) is 62.8. The SMILES string of the molecule is CC[C@H](C)[C@H](N)C(=O)N[C@@H](CCCCN)C(=O)N1CCN(c2ccc3ncn(CC(=O)N[C@H](CCCNC(=N)N)C(=O)N[C@@H](CC4=NCC=N4)C(=O)N[C@@H](Cc4ccc(O)cc4)C(=O)N[C@@H](CC(C)C)C(=O)NC)c(=O)c3c2)CC1. The second kappa shape index (κ2) is 31.0. The van der Waals surface area contributed by atoms with Crippen LogP contribution in [-0.2, 0) is 46.5 Å². The van der Waals surface area contributed by atoms with Crippen molar-refractivity contribution in [3.8, 4) is 5.75 Å². The number of phenols is 1. The minimum atomic E-state index is -1.40. The van der Waals surface area contributed by atoms with Crippen LogP contribution in [0.1, 0.15) is 84.6 Å². The number of hydrogen-bond acceptors (Lipinski definition) is 16. The summed E-state index contributed by atoms with van der Waals surface area (Å²) in [6, 6.07) is 4.78. The van der Waals surface area contributed by atoms with Crippen LogP contribution in [0.15, 0.2) is 63.6 Å². The van der Waals surface area contributed by atoms with E-state index in [4.69, 9.17) is 22.6 Å². The van der Waals surface area contributed by atoms with Crippen LogP contribution < -0.4 is 64.9 Å². The number of phenolic OH excluding ortho intramolecular Hbond substituents is 1. The highest BCUT2D eigenvalue weighted by Crippen LogP contribution is 2.22. The van der Waals surface area contributed by atoms with Crippen molar-refractivity contribution in [2.75, 3.05) is 57.8 Å². The van der Waals surface area contributed by atoms with E-state index in [9.17, 15) is 43.5 Å². The summed E-state index contributed by atoms with van der Waals surface area (Å²) < 4.78 is 1.11. The van der Waals surface area contributed by atoms with Gasteiger partial charge in [0.15, 0.2) is 5.96 Å². The summed E-state index contributed by atoms with van der Waals surface area (Å²) in [4.78, 5) is 127. The molecule has 1 saturated heterocycles. The minimum absolute atomic E-state index is 0.0146. The standard InChI is InChI=1S/C54H81N17O9/c1-6-33(4)46(56)51(78)65-40(10-7-8-18-55)53(80)70-24-22-69(23-25-70)35-14-17-38-37(28-35)52(79)71(31-63-38)30-45(73)64-39(11-9-19-62-54(57)58)48(75)68-43(29-44-60-20-21-61-44)50(77)67-42(27-34-12-15-36(72)16-13-34)49(76)66-41(26-32(2)3)47(74)59-5/h12-17,20,28,31-33,39-43,46,72H,6-11,18-19,21-27,29-30,55-56H2,1-5H3,(H,59,74)(H,64,73)(H,65,78)(H,66,76)(H,67,77)(H,68,75)(H4,57,58,62)/t33-,39+,40-,41-,42-,43-,46-/m0/s1. The molecule has 1 fully saturated rings. The molecule has 1 aromatic heterocycles. The average Bonchev–Trinajstić information content (AvgIpc) is 3.98. The molecule has 2 aromatic carbocycles. The molecule has 7 amide bonds. The van der Waals surface area contributed by atoms with Crippen LogP contribution in [0, 0.1) is 17.2 Å². The molecule has 26 nitrogen and oxygen atoms in total. The Balaban J connectivity index is 1.32. The van der Waals surface area contributed by atoms with Gasteiger partial charge in [-0.25, -0.2) is 9.98 Å². The number of piperazine rings is 1. The molecule has 80 heavy (non-hydrogen) atoms. The zero-order valence-electron chi connectivity index (χ0n) is 46.5. The smallest absolute Gasteiger partial charge is 0.261 e. The van der Waals surface area contributed by atoms with E-state index in [1.54, 1.807) is 29.2 Å². The molecule has 2 aliphatic heterocycles. The molecule has 0 aliphatic carbocycles. The van der Waals surface area contributed by atoms with E-state index in [1.165, 1.54) is 31.7 Å². The van der Waals surface area contributed by atoms with E-state index < -0.39 is 77.9 Å². The second-order valence-electron chi connectivity index (χ2n) is 20.6. The van der Waals surface area contributed by atoms with Crippen molar-refractivity contribution in [3.63, 3.8) is 0 Å². The lowest BCUT2D eigenvalue weighted by atomic mass is 9.98. The number of hydrogen-bond donors (Lipinski definition) is 12. The average molecular weight is 1110 g/mol. The van der Waals surface area contributed by atoms with Gasteiger partial charge in [-0.1, -0.05) is 46.2 Å². The molecule has 0 radical (unpaired) electrons. The Bertz CT molecular complexity index is 2760. The number of nitrogens with zero attached hydrogens (tertiary/aromatic N) is 6. The maximum atomic E-state index is 14.4. The first-order valence-electron chi connectivity index (χ1n) is 27.3. The highest BCUT2D eigenvalue weighted by atomic mass is 16.3. The van der Waals surface area contributed by atoms with Crippen molar-refractivity contribution in [2.24, 2.45) is 39.0 Å². The largest absolute Gasteiger partial charge is 0.508 e. The number of rotatable bonds is 30. The van der Waals surface area contributed by atoms with Crippen LogP contribution in [0.25, 0.3) is 10.9 Å². The summed E-state index contributed by atoms with van der Waals surface area (Å²) >= 11 is 0. The highest BCUT2D eigenvalue weighted by Gasteiger charge is 2.34. The Hall–Kier alpha value is -8.00. The third-order valence-electron chi connectivity index (χ3n) is 14.0. The Labute approximate surface area is 465 Å². The van der Waals surface area contributed by atoms with E-state index >= 15 is 0 Å². The number of amides is 7. The van der Waals surface area contributed by atoms with Crippen molar-refractivity contribution in [3.05, 3.63) is 64.7 Å². The number of unbranched alkanes of at least 4 members (excludes halogenated alkanes) is 1. The van der Waals surface area contributed by atoms with Gasteiger partial charge in [-0.2, -0.15) is 0 Å². The summed E-state index contributed by atoms with van der Waals surface area (Å²) in [6.45, 7) is 9.46. The molecule has 0 unspecified atom stereocenters. The Morgan fingerprint density at radius 2 is 1.41 bits per heavy atom. The molecule has 3 aromatic rings. The molecule has 436 valence electrons. The van der Waals surface area contributed by atoms with Crippen LogP contribution in [0.3, 0.4) is 0 Å². The summed E-state index contributed by atoms with van der Waals surface area (Å²) in [5.41, 5.74) is 18.5. The van der Waals surface area contributed by atoms with Crippen molar-refractivity contribution < 1.29 is 38.7 Å². The number of nitrogens with one attached hydrogen (secondary N) is 8. The van der Waals surface area contributed by atoms with Crippen molar-refractivity contribution in [2.45, 2.75) is 128 Å². The number of anilines is 1. The van der Waals surface area contributed by atoms with Gasteiger partial charge in [-0.3, -0.25) is 53.3 Å². The van der Waals surface area contributed by atoms with Crippen LogP contribution in [0.2, 0.25) is 0 Å². The highest BCUT2D eigenvalue weighted by molar-refractivity contribution is 6.01. The van der Waals surface area contributed by atoms with E-state index in [1.807, 2.05) is 38.7 Å². The first-order chi connectivity index (χ1) is 38.2. The van der Waals surface area contributed by atoms with Crippen molar-refractivity contribution in [1.82, 2.24) is 51.7 Å². The number of fused-ring (bicyclic) bond motifs is 1. The zero-order valence-corrected chi connectivity index (χ0v) is 46.5. The molecule has 0 spiro atoms. The Morgan fingerprint density at radius 3 is 2.02 bits per heavy atom. The predicted octanol–water partition coefficient (Wildman–Crippen LogP) is -1.15. The summed E-state index contributed by atoms with van der Waals surface area (Å²) in [6.07, 6.45) is 5.45. The molecule has 0 bridgehead atoms. The number of amidine groups is 1. The van der Waals surface area contributed by atoms with Crippen LogP contribution >= 0.6 is 0 Å². The molecule has 3 heterocycles. The van der Waals surface area contributed by atoms with E-state index in [0.29, 0.717) is 81.6 Å².